The monoisotopic (exact) mass is 339 g/mol. The van der Waals surface area contributed by atoms with Crippen molar-refractivity contribution in [2.45, 2.75) is 45.2 Å². The molecule has 6 heteroatoms. The maximum atomic E-state index is 5.47. The summed E-state index contributed by atoms with van der Waals surface area (Å²) in [7, 11) is 4.35. The molecule has 1 heterocycles. The number of morpholine rings is 1. The Hall–Kier alpha value is -0.850. The number of nitrogens with one attached hydrogen (secondary N) is 2. The average Bonchev–Trinajstić information content (AvgIpc) is 3.38. The van der Waals surface area contributed by atoms with Crippen LogP contribution >= 0.6 is 0 Å². The van der Waals surface area contributed by atoms with Gasteiger partial charge in [0.25, 0.3) is 0 Å². The van der Waals surface area contributed by atoms with E-state index in [2.05, 4.69) is 55.3 Å². The van der Waals surface area contributed by atoms with Crippen LogP contribution in [0, 0.1) is 5.92 Å². The molecule has 2 fully saturated rings. The van der Waals surface area contributed by atoms with Crippen LogP contribution in [-0.4, -0.2) is 87.4 Å². The lowest BCUT2D eigenvalue weighted by Crippen LogP contribution is -2.52. The molecule has 1 aliphatic heterocycles. The fourth-order valence-corrected chi connectivity index (χ4v) is 3.34. The van der Waals surface area contributed by atoms with Gasteiger partial charge in [-0.3, -0.25) is 9.89 Å². The summed E-state index contributed by atoms with van der Waals surface area (Å²) in [5.74, 6) is 1.78. The number of hydrogen-bond donors (Lipinski definition) is 2. The summed E-state index contributed by atoms with van der Waals surface area (Å²) in [4.78, 5) is 9.69. The number of aliphatic imine (C=N–C) groups is 1. The van der Waals surface area contributed by atoms with E-state index in [1.165, 1.54) is 12.8 Å². The van der Waals surface area contributed by atoms with E-state index in [9.17, 15) is 0 Å². The minimum atomic E-state index is 0.0591. The number of hydrogen-bond acceptors (Lipinski definition) is 4. The second-order valence-electron chi connectivity index (χ2n) is 7.86. The zero-order valence-electron chi connectivity index (χ0n) is 16.3. The van der Waals surface area contributed by atoms with Crippen molar-refractivity contribution >= 4 is 5.96 Å². The van der Waals surface area contributed by atoms with Gasteiger partial charge < -0.3 is 20.3 Å². The topological polar surface area (TPSA) is 52.1 Å². The average molecular weight is 340 g/mol. The zero-order chi connectivity index (χ0) is 17.6. The first-order valence-corrected chi connectivity index (χ1v) is 9.45. The Balaban J connectivity index is 1.88. The van der Waals surface area contributed by atoms with Gasteiger partial charge in [-0.2, -0.15) is 0 Å². The van der Waals surface area contributed by atoms with Crippen LogP contribution in [0.3, 0.4) is 0 Å². The standard InChI is InChI=1S/C18H37N5O/c1-6-19-17(20-13-16(22(4)5)15-7-8-15)21-14-18(2,3)23-9-11-24-12-10-23/h15-16H,6-14H2,1-5H3,(H2,19,20,21). The van der Waals surface area contributed by atoms with Crippen molar-refractivity contribution in [3.63, 3.8) is 0 Å². The van der Waals surface area contributed by atoms with Crippen molar-refractivity contribution in [1.29, 1.82) is 0 Å². The van der Waals surface area contributed by atoms with Crippen molar-refractivity contribution in [3.8, 4) is 0 Å². The third-order valence-corrected chi connectivity index (χ3v) is 5.14. The molecule has 6 nitrogen and oxygen atoms in total. The normalized spacial score (nSPS) is 21.8. The van der Waals surface area contributed by atoms with Gasteiger partial charge in [0.2, 0.25) is 0 Å². The van der Waals surface area contributed by atoms with Crippen LogP contribution in [0.2, 0.25) is 0 Å². The quantitative estimate of drug-likeness (QED) is 0.510. The second kappa shape index (κ2) is 9.02. The second-order valence-corrected chi connectivity index (χ2v) is 7.86. The number of guanidine groups is 1. The fraction of sp³-hybridized carbons (Fsp3) is 0.944. The molecule has 1 atom stereocenters. The van der Waals surface area contributed by atoms with Crippen LogP contribution in [0.15, 0.2) is 4.99 Å². The lowest BCUT2D eigenvalue weighted by Gasteiger charge is -2.40. The molecule has 0 bridgehead atoms. The fourth-order valence-electron chi connectivity index (χ4n) is 3.34. The van der Waals surface area contributed by atoms with E-state index in [-0.39, 0.29) is 5.54 Å². The van der Waals surface area contributed by atoms with Crippen molar-refractivity contribution in [1.82, 2.24) is 20.4 Å². The first-order valence-electron chi connectivity index (χ1n) is 9.45. The first-order chi connectivity index (χ1) is 11.4. The lowest BCUT2D eigenvalue weighted by molar-refractivity contribution is -0.00684. The van der Waals surface area contributed by atoms with Crippen molar-refractivity contribution in [3.05, 3.63) is 0 Å². The highest BCUT2D eigenvalue weighted by atomic mass is 16.5. The summed E-state index contributed by atoms with van der Waals surface area (Å²) in [5.41, 5.74) is 0.0591. The summed E-state index contributed by atoms with van der Waals surface area (Å²) < 4.78 is 5.47. The van der Waals surface area contributed by atoms with Crippen molar-refractivity contribution < 1.29 is 4.74 Å². The van der Waals surface area contributed by atoms with Gasteiger partial charge in [0, 0.05) is 37.8 Å². The minimum absolute atomic E-state index is 0.0591. The maximum Gasteiger partial charge on any atom is 0.191 e. The molecule has 0 amide bonds. The van der Waals surface area contributed by atoms with E-state index in [0.29, 0.717) is 6.04 Å². The summed E-state index contributed by atoms with van der Waals surface area (Å²) in [6.45, 7) is 13.0. The number of likely N-dealkylation sites (N-methyl/N-ethyl adjacent to an activating group) is 1. The van der Waals surface area contributed by atoms with Crippen molar-refractivity contribution in [2.75, 3.05) is 60.0 Å². The molecule has 1 aliphatic carbocycles. The van der Waals surface area contributed by atoms with Gasteiger partial charge in [0.15, 0.2) is 5.96 Å². The highest BCUT2D eigenvalue weighted by molar-refractivity contribution is 5.79. The third kappa shape index (κ3) is 5.90. The highest BCUT2D eigenvalue weighted by Gasteiger charge is 2.32. The van der Waals surface area contributed by atoms with E-state index in [0.717, 1.165) is 57.8 Å². The van der Waals surface area contributed by atoms with Gasteiger partial charge in [-0.05, 0) is 53.6 Å². The molecule has 0 aromatic heterocycles. The van der Waals surface area contributed by atoms with E-state index < -0.39 is 0 Å². The number of ether oxygens (including phenoxy) is 1. The summed E-state index contributed by atoms with van der Waals surface area (Å²) in [6, 6.07) is 0.598. The number of rotatable bonds is 8. The molecular weight excluding hydrogens is 302 g/mol. The molecule has 1 unspecified atom stereocenters. The molecule has 0 aromatic rings. The Morgan fingerprint density at radius 2 is 1.92 bits per heavy atom. The largest absolute Gasteiger partial charge is 0.379 e. The molecule has 0 aromatic carbocycles. The van der Waals surface area contributed by atoms with Gasteiger partial charge in [0.05, 0.1) is 19.8 Å². The molecule has 0 spiro atoms. The predicted octanol–water partition coefficient (Wildman–Crippen LogP) is 0.993. The van der Waals surface area contributed by atoms with Gasteiger partial charge >= 0.3 is 0 Å². The Bertz CT molecular complexity index is 398. The third-order valence-electron chi connectivity index (χ3n) is 5.14. The minimum Gasteiger partial charge on any atom is -0.379 e. The molecule has 1 saturated heterocycles. The molecular formula is C18H37N5O. The Kier molecular flexibility index (Phi) is 7.32. The van der Waals surface area contributed by atoms with Crippen LogP contribution in [-0.2, 0) is 4.74 Å². The van der Waals surface area contributed by atoms with Crippen molar-refractivity contribution in [2.24, 2.45) is 10.9 Å². The Morgan fingerprint density at radius 3 is 2.46 bits per heavy atom. The summed E-state index contributed by atoms with van der Waals surface area (Å²) >= 11 is 0. The summed E-state index contributed by atoms with van der Waals surface area (Å²) in [6.07, 6.45) is 2.73. The molecule has 2 aliphatic rings. The van der Waals surface area contributed by atoms with Gasteiger partial charge in [0.1, 0.15) is 0 Å². The highest BCUT2D eigenvalue weighted by Crippen LogP contribution is 2.34. The number of nitrogens with zero attached hydrogens (tertiary/aromatic N) is 3. The first kappa shape index (κ1) is 19.5. The van der Waals surface area contributed by atoms with Gasteiger partial charge in [-0.15, -0.1) is 0 Å². The smallest absolute Gasteiger partial charge is 0.191 e. The Labute approximate surface area is 148 Å². The molecule has 0 radical (unpaired) electrons. The molecule has 24 heavy (non-hydrogen) atoms. The van der Waals surface area contributed by atoms with Crippen LogP contribution in [0.5, 0.6) is 0 Å². The Morgan fingerprint density at radius 1 is 1.25 bits per heavy atom. The van der Waals surface area contributed by atoms with E-state index in [1.54, 1.807) is 0 Å². The van der Waals surface area contributed by atoms with E-state index >= 15 is 0 Å². The molecule has 1 saturated carbocycles. The molecule has 2 N–H and O–H groups in total. The molecule has 2 rings (SSSR count). The van der Waals surface area contributed by atoms with Crippen LogP contribution in [0.4, 0.5) is 0 Å². The van der Waals surface area contributed by atoms with E-state index in [1.807, 2.05) is 0 Å². The zero-order valence-corrected chi connectivity index (χ0v) is 16.3. The van der Waals surface area contributed by atoms with Crippen LogP contribution in [0.25, 0.3) is 0 Å². The summed E-state index contributed by atoms with van der Waals surface area (Å²) in [5, 5.41) is 6.94. The van der Waals surface area contributed by atoms with Crippen LogP contribution < -0.4 is 10.6 Å². The lowest BCUT2D eigenvalue weighted by atomic mass is 10.0. The van der Waals surface area contributed by atoms with Crippen LogP contribution in [0.1, 0.15) is 33.6 Å². The van der Waals surface area contributed by atoms with Gasteiger partial charge in [-0.25, -0.2) is 0 Å². The SMILES string of the molecule is CCNC(=NCC(C)(C)N1CCOCC1)NCC(C1CC1)N(C)C. The maximum absolute atomic E-state index is 5.47. The van der Waals surface area contributed by atoms with E-state index in [4.69, 9.17) is 9.73 Å². The molecule has 140 valence electrons. The predicted molar refractivity (Wildman–Crippen MR) is 101 cm³/mol. The van der Waals surface area contributed by atoms with Gasteiger partial charge in [-0.1, -0.05) is 0 Å².